The molecule has 0 saturated carbocycles. The topological polar surface area (TPSA) is 56.6 Å². The van der Waals surface area contributed by atoms with Crippen LogP contribution in [0.15, 0.2) is 6.07 Å². The molecule has 2 aliphatic heterocycles. The summed E-state index contributed by atoms with van der Waals surface area (Å²) < 4.78 is 13.2. The minimum Gasteiger partial charge on any atom is -0.379 e. The van der Waals surface area contributed by atoms with E-state index in [0.29, 0.717) is 26.2 Å². The number of carbonyl (C=O) groups excluding carboxylic acids is 1. The number of aryl methyl sites for hydroxylation is 3. The summed E-state index contributed by atoms with van der Waals surface area (Å²) in [6.07, 6.45) is 2.34. The van der Waals surface area contributed by atoms with Crippen molar-refractivity contribution >= 4 is 5.91 Å². The van der Waals surface area contributed by atoms with Crippen molar-refractivity contribution in [3.63, 3.8) is 0 Å². The van der Waals surface area contributed by atoms with Gasteiger partial charge in [0.05, 0.1) is 24.9 Å². The second-order valence-electron chi connectivity index (χ2n) is 6.18. The minimum absolute atomic E-state index is 0.0578. The lowest BCUT2D eigenvalue weighted by Gasteiger charge is -2.43. The summed E-state index contributed by atoms with van der Waals surface area (Å²) in [5.74, 6) is 0.238. The van der Waals surface area contributed by atoms with E-state index in [1.165, 1.54) is 0 Å². The number of aromatic nitrogens is 2. The van der Waals surface area contributed by atoms with Crippen LogP contribution in [0.1, 0.15) is 30.7 Å². The number of morpholine rings is 1. The van der Waals surface area contributed by atoms with Crippen LogP contribution in [-0.2, 0) is 20.8 Å². The molecule has 6 heteroatoms. The van der Waals surface area contributed by atoms with Crippen LogP contribution in [0.5, 0.6) is 0 Å². The number of hydrogen-bond donors (Lipinski definition) is 0. The molecular formula is C16H25N3O3. The molecule has 22 heavy (non-hydrogen) atoms. The van der Waals surface area contributed by atoms with Crippen molar-refractivity contribution in [1.82, 2.24) is 14.7 Å². The highest BCUT2D eigenvalue weighted by atomic mass is 16.5. The van der Waals surface area contributed by atoms with Crippen molar-refractivity contribution in [3.8, 4) is 0 Å². The number of fused-ring (bicyclic) bond motifs is 1. The van der Waals surface area contributed by atoms with Gasteiger partial charge in [-0.25, -0.2) is 0 Å². The highest BCUT2D eigenvalue weighted by molar-refractivity contribution is 5.76. The van der Waals surface area contributed by atoms with E-state index >= 15 is 0 Å². The molecule has 3 heterocycles. The maximum atomic E-state index is 12.5. The quantitative estimate of drug-likeness (QED) is 0.841. The maximum absolute atomic E-state index is 12.5. The van der Waals surface area contributed by atoms with E-state index in [0.717, 1.165) is 37.4 Å². The summed E-state index contributed by atoms with van der Waals surface area (Å²) >= 11 is 0. The van der Waals surface area contributed by atoms with Crippen LogP contribution < -0.4 is 0 Å². The van der Waals surface area contributed by atoms with Gasteiger partial charge in [-0.3, -0.25) is 9.48 Å². The molecule has 122 valence electrons. The van der Waals surface area contributed by atoms with Crippen LogP contribution in [-0.4, -0.2) is 59.1 Å². The summed E-state index contributed by atoms with van der Waals surface area (Å²) in [5, 5.41) is 4.44. The van der Waals surface area contributed by atoms with Crippen LogP contribution in [0.4, 0.5) is 0 Å². The lowest BCUT2D eigenvalue weighted by atomic mass is 10.0. The average molecular weight is 307 g/mol. The van der Waals surface area contributed by atoms with Crippen molar-refractivity contribution in [2.45, 2.75) is 51.8 Å². The third-order valence-corrected chi connectivity index (χ3v) is 4.52. The van der Waals surface area contributed by atoms with Gasteiger partial charge < -0.3 is 14.4 Å². The zero-order valence-corrected chi connectivity index (χ0v) is 13.5. The van der Waals surface area contributed by atoms with E-state index in [1.54, 1.807) is 0 Å². The normalized spacial score (nSPS) is 25.1. The number of amides is 1. The predicted octanol–water partition coefficient (Wildman–Crippen LogP) is 1.30. The van der Waals surface area contributed by atoms with E-state index < -0.39 is 0 Å². The number of nitrogens with zero attached hydrogens (tertiary/aromatic N) is 3. The lowest BCUT2D eigenvalue weighted by molar-refractivity contribution is -0.162. The maximum Gasteiger partial charge on any atom is 0.223 e. The zero-order valence-electron chi connectivity index (χ0n) is 13.5. The molecule has 0 radical (unpaired) electrons. The first-order valence-electron chi connectivity index (χ1n) is 8.15. The van der Waals surface area contributed by atoms with Gasteiger partial charge in [-0.15, -0.1) is 0 Å². The average Bonchev–Trinajstić information content (AvgIpc) is 2.84. The Balaban J connectivity index is 1.51. The number of carbonyl (C=O) groups is 1. The predicted molar refractivity (Wildman–Crippen MR) is 81.6 cm³/mol. The van der Waals surface area contributed by atoms with Gasteiger partial charge in [-0.05, 0) is 32.8 Å². The molecule has 0 spiro atoms. The number of hydrogen-bond acceptors (Lipinski definition) is 4. The first-order chi connectivity index (χ1) is 10.6. The molecule has 3 rings (SSSR count). The molecule has 2 fully saturated rings. The van der Waals surface area contributed by atoms with Gasteiger partial charge in [0.15, 0.2) is 0 Å². The standard InChI is InChI=1S/C16H25N3O3/c1-12-10-13(2)19(17-12)6-3-4-16(20)18-7-9-22-15-11-21-8-5-14(15)18/h10,14-15H,3-9,11H2,1-2H3/t14-,15+/m0/s1. The van der Waals surface area contributed by atoms with Crippen molar-refractivity contribution in [2.24, 2.45) is 0 Å². The second kappa shape index (κ2) is 6.79. The molecule has 0 bridgehead atoms. The number of ether oxygens (including phenoxy) is 2. The van der Waals surface area contributed by atoms with Crippen LogP contribution in [0.3, 0.4) is 0 Å². The summed E-state index contributed by atoms with van der Waals surface area (Å²) in [4.78, 5) is 14.5. The molecule has 0 N–H and O–H groups in total. The Morgan fingerprint density at radius 3 is 3.05 bits per heavy atom. The fraction of sp³-hybridized carbons (Fsp3) is 0.750. The molecule has 1 aromatic rings. The first-order valence-corrected chi connectivity index (χ1v) is 8.15. The summed E-state index contributed by atoms with van der Waals surface area (Å²) in [5.41, 5.74) is 2.18. The van der Waals surface area contributed by atoms with Crippen molar-refractivity contribution in [1.29, 1.82) is 0 Å². The van der Waals surface area contributed by atoms with Crippen LogP contribution >= 0.6 is 0 Å². The largest absolute Gasteiger partial charge is 0.379 e. The summed E-state index contributed by atoms with van der Waals surface area (Å²) in [6, 6.07) is 2.26. The summed E-state index contributed by atoms with van der Waals surface area (Å²) in [7, 11) is 0. The Morgan fingerprint density at radius 1 is 1.41 bits per heavy atom. The van der Waals surface area contributed by atoms with Gasteiger partial charge in [0, 0.05) is 31.8 Å². The zero-order chi connectivity index (χ0) is 15.5. The van der Waals surface area contributed by atoms with Gasteiger partial charge in [0.2, 0.25) is 5.91 Å². The van der Waals surface area contributed by atoms with Gasteiger partial charge >= 0.3 is 0 Å². The van der Waals surface area contributed by atoms with Gasteiger partial charge in [-0.2, -0.15) is 5.10 Å². The van der Waals surface area contributed by atoms with E-state index in [-0.39, 0.29) is 18.1 Å². The van der Waals surface area contributed by atoms with Gasteiger partial charge in [-0.1, -0.05) is 0 Å². The van der Waals surface area contributed by atoms with Crippen molar-refractivity contribution in [3.05, 3.63) is 17.5 Å². The SMILES string of the molecule is Cc1cc(C)n(CCCC(=O)N2CCO[C@@H]3COCC[C@@H]32)n1. The molecule has 1 aromatic heterocycles. The first kappa shape index (κ1) is 15.5. The molecule has 1 amide bonds. The molecule has 0 unspecified atom stereocenters. The molecule has 2 atom stereocenters. The lowest BCUT2D eigenvalue weighted by Crippen LogP contribution is -2.57. The number of rotatable bonds is 4. The van der Waals surface area contributed by atoms with E-state index in [1.807, 2.05) is 16.5 Å². The fourth-order valence-corrected chi connectivity index (χ4v) is 3.42. The molecule has 0 aromatic carbocycles. The highest BCUT2D eigenvalue weighted by Crippen LogP contribution is 2.22. The van der Waals surface area contributed by atoms with Crippen molar-refractivity contribution in [2.75, 3.05) is 26.4 Å². The van der Waals surface area contributed by atoms with E-state index in [4.69, 9.17) is 9.47 Å². The van der Waals surface area contributed by atoms with Gasteiger partial charge in [0.1, 0.15) is 6.10 Å². The highest BCUT2D eigenvalue weighted by Gasteiger charge is 2.36. The third-order valence-electron chi connectivity index (χ3n) is 4.52. The Hall–Kier alpha value is -1.40. The van der Waals surface area contributed by atoms with E-state index in [2.05, 4.69) is 18.1 Å². The van der Waals surface area contributed by atoms with Crippen molar-refractivity contribution < 1.29 is 14.3 Å². The molecule has 2 aliphatic rings. The molecule has 0 aliphatic carbocycles. The molecular weight excluding hydrogens is 282 g/mol. The van der Waals surface area contributed by atoms with Crippen LogP contribution in [0, 0.1) is 13.8 Å². The minimum atomic E-state index is 0.0578. The van der Waals surface area contributed by atoms with E-state index in [9.17, 15) is 4.79 Å². The Bertz CT molecular complexity index is 527. The Labute approximate surface area is 131 Å². The smallest absolute Gasteiger partial charge is 0.223 e. The second-order valence-corrected chi connectivity index (χ2v) is 6.18. The molecule has 2 saturated heterocycles. The molecule has 6 nitrogen and oxygen atoms in total. The Morgan fingerprint density at radius 2 is 2.27 bits per heavy atom. The summed E-state index contributed by atoms with van der Waals surface area (Å²) in [6.45, 7) is 7.50. The monoisotopic (exact) mass is 307 g/mol. The Kier molecular flexibility index (Phi) is 4.78. The van der Waals surface area contributed by atoms with Gasteiger partial charge in [0.25, 0.3) is 0 Å². The van der Waals surface area contributed by atoms with Crippen LogP contribution in [0.2, 0.25) is 0 Å². The van der Waals surface area contributed by atoms with Crippen LogP contribution in [0.25, 0.3) is 0 Å². The fourth-order valence-electron chi connectivity index (χ4n) is 3.42. The third kappa shape index (κ3) is 3.33.